The van der Waals surface area contributed by atoms with Crippen LogP contribution in [0.5, 0.6) is 17.2 Å². The van der Waals surface area contributed by atoms with E-state index in [1.54, 1.807) is 21.3 Å². The molecular formula is C46H62N8O6. The minimum Gasteiger partial charge on any atom is -0.497 e. The van der Waals surface area contributed by atoms with Crippen molar-refractivity contribution in [3.63, 3.8) is 0 Å². The minimum absolute atomic E-state index is 0.160. The zero-order chi connectivity index (χ0) is 42.0. The number of piperidine rings is 1. The van der Waals surface area contributed by atoms with E-state index in [1.165, 1.54) is 0 Å². The van der Waals surface area contributed by atoms with Gasteiger partial charge in [-0.15, -0.1) is 0 Å². The molecule has 2 N–H and O–H groups in total. The van der Waals surface area contributed by atoms with Crippen molar-refractivity contribution >= 4 is 34.4 Å². The molecule has 4 aliphatic rings. The number of benzene rings is 2. The van der Waals surface area contributed by atoms with E-state index < -0.39 is 5.60 Å². The number of hydrogen-bond acceptors (Lipinski definition) is 13. The highest BCUT2D eigenvalue weighted by atomic mass is 16.6. The first-order valence-corrected chi connectivity index (χ1v) is 21.7. The van der Waals surface area contributed by atoms with Gasteiger partial charge in [-0.1, -0.05) is 13.0 Å². The minimum atomic E-state index is -0.487. The third kappa shape index (κ3) is 8.86. The quantitative estimate of drug-likeness (QED) is 0.146. The highest BCUT2D eigenvalue weighted by Crippen LogP contribution is 2.40. The monoisotopic (exact) mass is 822 g/mol. The average Bonchev–Trinajstić information content (AvgIpc) is 3.53. The number of fused-ring (bicyclic) bond motifs is 3. The van der Waals surface area contributed by atoms with E-state index in [0.29, 0.717) is 30.3 Å². The number of piperazine rings is 1. The average molecular weight is 823 g/mol. The summed E-state index contributed by atoms with van der Waals surface area (Å²) in [6.45, 7) is 13.6. The number of carbonyl (C=O) groups excluding carboxylic acids is 1. The van der Waals surface area contributed by atoms with Crippen LogP contribution in [0.3, 0.4) is 0 Å². The number of hydrogen-bond donors (Lipinski definition) is 2. The Kier molecular flexibility index (Phi) is 12.4. The predicted molar refractivity (Wildman–Crippen MR) is 235 cm³/mol. The number of anilines is 3. The summed E-state index contributed by atoms with van der Waals surface area (Å²) in [6.07, 6.45) is 8.49. The molecule has 2 atom stereocenters. The molecule has 0 saturated carbocycles. The fraction of sp³-hybridized carbons (Fsp3) is 0.565. The van der Waals surface area contributed by atoms with Crippen molar-refractivity contribution in [2.24, 2.45) is 0 Å². The highest BCUT2D eigenvalue weighted by Gasteiger charge is 2.46. The van der Waals surface area contributed by atoms with Crippen molar-refractivity contribution in [3.05, 3.63) is 53.9 Å². The number of rotatable bonds is 12. The normalized spacial score (nSPS) is 20.3. The molecule has 14 heteroatoms. The van der Waals surface area contributed by atoms with Crippen LogP contribution < -0.4 is 29.7 Å². The number of carbonyl (C=O) groups is 1. The van der Waals surface area contributed by atoms with Gasteiger partial charge in [-0.2, -0.15) is 0 Å². The summed E-state index contributed by atoms with van der Waals surface area (Å²) in [5, 5.41) is 7.26. The van der Waals surface area contributed by atoms with E-state index in [-0.39, 0.29) is 24.2 Å². The van der Waals surface area contributed by atoms with E-state index in [1.807, 2.05) is 50.1 Å². The Bertz CT molecular complexity index is 2130. The maximum absolute atomic E-state index is 13.1. The maximum Gasteiger partial charge on any atom is 0.410 e. The lowest BCUT2D eigenvalue weighted by molar-refractivity contribution is -0.0127. The second kappa shape index (κ2) is 17.9. The van der Waals surface area contributed by atoms with Gasteiger partial charge in [0.15, 0.2) is 5.82 Å². The number of nitrogens with one attached hydrogen (secondary N) is 2. The van der Waals surface area contributed by atoms with Crippen LogP contribution in [0, 0.1) is 0 Å². The summed E-state index contributed by atoms with van der Waals surface area (Å²) in [7, 11) is 5.06. The first-order chi connectivity index (χ1) is 29.0. The SMILES string of the molecule is CCc1nc2c(NCc3ccc(OC)cc3OC)ncc(-c3ccc(N4CCC(N5CC6CCC(C5)N6C(=O)OC(C)(C)C)CC4)c(OC)c3)c2nc1NC1CCOCC1. The number of nitrogens with zero attached hydrogens (tertiary/aromatic N) is 6. The molecule has 6 heterocycles. The Balaban J connectivity index is 1.03. The summed E-state index contributed by atoms with van der Waals surface area (Å²) >= 11 is 0. The van der Waals surface area contributed by atoms with Crippen molar-refractivity contribution in [1.82, 2.24) is 24.8 Å². The summed E-state index contributed by atoms with van der Waals surface area (Å²) in [5.74, 6) is 3.73. The zero-order valence-corrected chi connectivity index (χ0v) is 36.4. The second-order valence-electron chi connectivity index (χ2n) is 17.5. The number of pyridine rings is 1. The lowest BCUT2D eigenvalue weighted by Gasteiger charge is -2.46. The molecule has 0 spiro atoms. The van der Waals surface area contributed by atoms with Crippen LogP contribution in [0.4, 0.5) is 22.1 Å². The van der Waals surface area contributed by atoms with E-state index in [0.717, 1.165) is 135 Å². The summed E-state index contributed by atoms with van der Waals surface area (Å²) in [6, 6.07) is 13.5. The van der Waals surface area contributed by atoms with Gasteiger partial charge < -0.3 is 39.2 Å². The number of likely N-dealkylation sites (tertiary alicyclic amines) is 1. The Morgan fingerprint density at radius 1 is 0.833 bits per heavy atom. The summed E-state index contributed by atoms with van der Waals surface area (Å²) in [4.78, 5) is 35.8. The molecule has 2 aromatic heterocycles. The number of amides is 1. The fourth-order valence-corrected chi connectivity index (χ4v) is 9.41. The lowest BCUT2D eigenvalue weighted by Crippen LogP contribution is -2.60. The second-order valence-corrected chi connectivity index (χ2v) is 17.5. The first kappa shape index (κ1) is 41.6. The standard InChI is InChI=1S/C46H62N8O6/c1-8-37-43(49-31-17-21-59-22-18-31)51-41-36(26-48-44(42(41)50-37)47-25-30-9-13-35(56-5)24-39(30)57-6)29-10-14-38(40(23-29)58-7)52-19-15-32(16-20-52)53-27-33-11-12-34(28-53)54(33)45(55)60-46(2,3)4/h9-10,13-14,23-24,26,31-34H,8,11-12,15-22,25,27-28H2,1-7H3,(H,47,48)(H,49,51). The van der Waals surface area contributed by atoms with Gasteiger partial charge in [-0.25, -0.2) is 19.7 Å². The van der Waals surface area contributed by atoms with Crippen LogP contribution in [0.2, 0.25) is 0 Å². The molecule has 0 aliphatic carbocycles. The van der Waals surface area contributed by atoms with E-state index in [2.05, 4.69) is 45.6 Å². The molecule has 8 rings (SSSR count). The van der Waals surface area contributed by atoms with Gasteiger partial charge in [0, 0.05) is 93.5 Å². The Morgan fingerprint density at radius 2 is 1.57 bits per heavy atom. The van der Waals surface area contributed by atoms with Crippen molar-refractivity contribution < 1.29 is 28.5 Å². The molecule has 4 aromatic rings. The van der Waals surface area contributed by atoms with Gasteiger partial charge in [-0.05, 0) is 95.5 Å². The third-order valence-corrected chi connectivity index (χ3v) is 12.5. The molecule has 4 fully saturated rings. The largest absolute Gasteiger partial charge is 0.497 e. The smallest absolute Gasteiger partial charge is 0.410 e. The third-order valence-electron chi connectivity index (χ3n) is 12.5. The molecule has 4 aliphatic heterocycles. The lowest BCUT2D eigenvalue weighted by atomic mass is 9.99. The molecule has 2 aromatic carbocycles. The van der Waals surface area contributed by atoms with Crippen LogP contribution in [-0.4, -0.2) is 121 Å². The Morgan fingerprint density at radius 3 is 2.23 bits per heavy atom. The fourth-order valence-electron chi connectivity index (χ4n) is 9.41. The molecule has 2 bridgehead atoms. The molecule has 2 unspecified atom stereocenters. The van der Waals surface area contributed by atoms with Crippen LogP contribution in [0.25, 0.3) is 22.2 Å². The summed E-state index contributed by atoms with van der Waals surface area (Å²) < 4.78 is 28.7. The Labute approximate surface area is 354 Å². The van der Waals surface area contributed by atoms with Crippen molar-refractivity contribution in [1.29, 1.82) is 0 Å². The predicted octanol–water partition coefficient (Wildman–Crippen LogP) is 7.54. The molecule has 60 heavy (non-hydrogen) atoms. The van der Waals surface area contributed by atoms with Crippen molar-refractivity contribution in [2.45, 2.75) is 109 Å². The van der Waals surface area contributed by atoms with Gasteiger partial charge in [0.2, 0.25) is 0 Å². The van der Waals surface area contributed by atoms with Gasteiger partial charge >= 0.3 is 6.09 Å². The van der Waals surface area contributed by atoms with Crippen LogP contribution in [-0.2, 0) is 22.4 Å². The van der Waals surface area contributed by atoms with Crippen molar-refractivity contribution in [2.75, 3.05) is 76.3 Å². The maximum atomic E-state index is 13.1. The van der Waals surface area contributed by atoms with Gasteiger partial charge in [-0.3, -0.25) is 9.80 Å². The van der Waals surface area contributed by atoms with Crippen LogP contribution in [0.15, 0.2) is 42.6 Å². The molecule has 14 nitrogen and oxygen atoms in total. The van der Waals surface area contributed by atoms with Crippen LogP contribution >= 0.6 is 0 Å². The number of aromatic nitrogens is 3. The van der Waals surface area contributed by atoms with E-state index in [9.17, 15) is 4.79 Å². The molecule has 322 valence electrons. The molecule has 4 saturated heterocycles. The summed E-state index contributed by atoms with van der Waals surface area (Å²) in [5.41, 5.74) is 5.77. The first-order valence-electron chi connectivity index (χ1n) is 21.7. The topological polar surface area (TPSA) is 136 Å². The number of aryl methyl sites for hydroxylation is 1. The molecule has 0 radical (unpaired) electrons. The van der Waals surface area contributed by atoms with Crippen molar-refractivity contribution in [3.8, 4) is 28.4 Å². The number of methoxy groups -OCH3 is 3. The Hall–Kier alpha value is -5.08. The van der Waals surface area contributed by atoms with E-state index in [4.69, 9.17) is 38.6 Å². The highest BCUT2D eigenvalue weighted by molar-refractivity contribution is 5.98. The van der Waals surface area contributed by atoms with E-state index >= 15 is 0 Å². The molecular weight excluding hydrogens is 761 g/mol. The van der Waals surface area contributed by atoms with Gasteiger partial charge in [0.05, 0.1) is 32.7 Å². The van der Waals surface area contributed by atoms with Gasteiger partial charge in [0.25, 0.3) is 0 Å². The zero-order valence-electron chi connectivity index (χ0n) is 36.4. The van der Waals surface area contributed by atoms with Gasteiger partial charge in [0.1, 0.15) is 39.7 Å². The van der Waals surface area contributed by atoms with Crippen LogP contribution in [0.1, 0.15) is 77.5 Å². The number of ether oxygens (including phenoxy) is 5. The molecule has 1 amide bonds.